The first-order chi connectivity index (χ1) is 7.68. The van der Waals surface area contributed by atoms with E-state index < -0.39 is 12.0 Å². The highest BCUT2D eigenvalue weighted by atomic mass is 16.4. The first kappa shape index (κ1) is 10.9. The molecule has 0 fully saturated rings. The number of allylic oxidation sites excluding steroid dienone is 1. The van der Waals surface area contributed by atoms with E-state index >= 15 is 0 Å². The van der Waals surface area contributed by atoms with Gasteiger partial charge in [-0.05, 0) is 36.0 Å². The zero-order chi connectivity index (χ0) is 11.5. The average molecular weight is 217 g/mol. The van der Waals surface area contributed by atoms with Gasteiger partial charge in [-0.25, -0.2) is 0 Å². The summed E-state index contributed by atoms with van der Waals surface area (Å²) in [6.45, 7) is 0. The molecule has 84 valence electrons. The molecule has 1 aromatic carbocycles. The third kappa shape index (κ3) is 2.14. The third-order valence-corrected chi connectivity index (χ3v) is 2.95. The third-order valence-electron chi connectivity index (χ3n) is 2.95. The van der Waals surface area contributed by atoms with Gasteiger partial charge in [0.05, 0.1) is 0 Å². The summed E-state index contributed by atoms with van der Waals surface area (Å²) in [7, 11) is 0. The van der Waals surface area contributed by atoms with Crippen LogP contribution in [0, 0.1) is 0 Å². The fourth-order valence-corrected chi connectivity index (χ4v) is 2.01. The molecule has 0 saturated heterocycles. The second-order valence-corrected chi connectivity index (χ2v) is 4.08. The van der Waals surface area contributed by atoms with Crippen molar-refractivity contribution >= 4 is 12.0 Å². The number of carboxylic acids is 1. The summed E-state index contributed by atoms with van der Waals surface area (Å²) in [5.74, 6) is -0.928. The predicted octanol–water partition coefficient (Wildman–Crippen LogP) is 1.60. The van der Waals surface area contributed by atoms with Crippen LogP contribution in [0.3, 0.4) is 0 Å². The SMILES string of the molecule is NC(CCc1cccc2c1C=CC2)C(=O)O. The predicted molar refractivity (Wildman–Crippen MR) is 63.1 cm³/mol. The minimum atomic E-state index is -0.928. The number of hydrogen-bond acceptors (Lipinski definition) is 2. The lowest BCUT2D eigenvalue weighted by Gasteiger charge is -2.09. The second-order valence-electron chi connectivity index (χ2n) is 4.08. The Morgan fingerprint density at radius 1 is 1.50 bits per heavy atom. The first-order valence-corrected chi connectivity index (χ1v) is 5.44. The number of fused-ring (bicyclic) bond motifs is 1. The van der Waals surface area contributed by atoms with Crippen LogP contribution >= 0.6 is 0 Å². The molecule has 0 heterocycles. The standard InChI is InChI=1S/C13H15NO2/c14-12(13(15)16)8-7-10-4-1-3-9-5-2-6-11(9)10/h1-4,6,12H,5,7-8,14H2,(H,15,16). The number of benzene rings is 1. The Morgan fingerprint density at radius 3 is 3.06 bits per heavy atom. The van der Waals surface area contributed by atoms with Crippen LogP contribution in [0.5, 0.6) is 0 Å². The zero-order valence-electron chi connectivity index (χ0n) is 9.02. The largest absolute Gasteiger partial charge is 0.480 e. The minimum absolute atomic E-state index is 0.486. The molecule has 2 rings (SSSR count). The van der Waals surface area contributed by atoms with Crippen molar-refractivity contribution in [3.8, 4) is 0 Å². The molecule has 0 aliphatic heterocycles. The molecule has 1 atom stereocenters. The van der Waals surface area contributed by atoms with Gasteiger partial charge < -0.3 is 10.8 Å². The van der Waals surface area contributed by atoms with Crippen molar-refractivity contribution in [1.82, 2.24) is 0 Å². The van der Waals surface area contributed by atoms with E-state index in [1.54, 1.807) is 0 Å². The first-order valence-electron chi connectivity index (χ1n) is 5.44. The number of carboxylic acid groups (broad SMARTS) is 1. The van der Waals surface area contributed by atoms with Crippen LogP contribution in [-0.2, 0) is 17.6 Å². The maximum absolute atomic E-state index is 10.6. The lowest BCUT2D eigenvalue weighted by atomic mass is 9.98. The van der Waals surface area contributed by atoms with E-state index in [4.69, 9.17) is 10.8 Å². The van der Waals surface area contributed by atoms with Gasteiger partial charge in [0.15, 0.2) is 0 Å². The lowest BCUT2D eigenvalue weighted by molar-refractivity contribution is -0.138. The van der Waals surface area contributed by atoms with E-state index in [1.807, 2.05) is 12.1 Å². The number of rotatable bonds is 4. The minimum Gasteiger partial charge on any atom is -0.480 e. The van der Waals surface area contributed by atoms with Crippen molar-refractivity contribution < 1.29 is 9.90 Å². The van der Waals surface area contributed by atoms with Crippen molar-refractivity contribution in [3.63, 3.8) is 0 Å². The summed E-state index contributed by atoms with van der Waals surface area (Å²) in [6.07, 6.45) is 6.43. The van der Waals surface area contributed by atoms with Crippen LogP contribution in [0.4, 0.5) is 0 Å². The summed E-state index contributed by atoms with van der Waals surface area (Å²) in [5.41, 5.74) is 9.26. The highest BCUT2D eigenvalue weighted by Crippen LogP contribution is 2.24. The monoisotopic (exact) mass is 217 g/mol. The van der Waals surface area contributed by atoms with Gasteiger partial charge in [0.2, 0.25) is 0 Å². The number of hydrogen-bond donors (Lipinski definition) is 2. The summed E-state index contributed by atoms with van der Waals surface area (Å²) in [5, 5.41) is 8.71. The van der Waals surface area contributed by atoms with E-state index in [0.29, 0.717) is 6.42 Å². The van der Waals surface area contributed by atoms with E-state index in [9.17, 15) is 4.79 Å². The molecule has 16 heavy (non-hydrogen) atoms. The summed E-state index contributed by atoms with van der Waals surface area (Å²) in [6, 6.07) is 5.41. The number of nitrogens with two attached hydrogens (primary N) is 1. The summed E-state index contributed by atoms with van der Waals surface area (Å²) < 4.78 is 0. The molecule has 3 N–H and O–H groups in total. The molecule has 0 radical (unpaired) electrons. The van der Waals surface area contributed by atoms with Gasteiger partial charge in [-0.3, -0.25) is 4.79 Å². The van der Waals surface area contributed by atoms with Gasteiger partial charge >= 0.3 is 5.97 Å². The molecule has 1 aromatic rings. The Hall–Kier alpha value is -1.61. The Balaban J connectivity index is 2.08. The van der Waals surface area contributed by atoms with Crippen molar-refractivity contribution in [2.75, 3.05) is 0 Å². The molecule has 0 bridgehead atoms. The second kappa shape index (κ2) is 4.49. The van der Waals surface area contributed by atoms with Crippen molar-refractivity contribution in [3.05, 3.63) is 41.0 Å². The molecular weight excluding hydrogens is 202 g/mol. The highest BCUT2D eigenvalue weighted by Gasteiger charge is 2.14. The van der Waals surface area contributed by atoms with Crippen LogP contribution in [0.2, 0.25) is 0 Å². The fourth-order valence-electron chi connectivity index (χ4n) is 2.01. The maximum atomic E-state index is 10.6. The highest BCUT2D eigenvalue weighted by molar-refractivity contribution is 5.73. The smallest absolute Gasteiger partial charge is 0.320 e. The average Bonchev–Trinajstić information content (AvgIpc) is 2.73. The number of carbonyl (C=O) groups is 1. The normalized spacial score (nSPS) is 14.8. The Labute approximate surface area is 94.6 Å². The summed E-state index contributed by atoms with van der Waals surface area (Å²) >= 11 is 0. The Morgan fingerprint density at radius 2 is 2.31 bits per heavy atom. The van der Waals surface area contributed by atoms with Gasteiger partial charge in [0.1, 0.15) is 6.04 Å². The lowest BCUT2D eigenvalue weighted by Crippen LogP contribution is -2.30. The topological polar surface area (TPSA) is 63.3 Å². The zero-order valence-corrected chi connectivity index (χ0v) is 9.02. The van der Waals surface area contributed by atoms with E-state index in [0.717, 1.165) is 12.8 Å². The van der Waals surface area contributed by atoms with Crippen molar-refractivity contribution in [2.45, 2.75) is 25.3 Å². The van der Waals surface area contributed by atoms with Crippen molar-refractivity contribution in [2.24, 2.45) is 5.73 Å². The van der Waals surface area contributed by atoms with Gasteiger partial charge in [-0.2, -0.15) is 0 Å². The molecule has 0 amide bonds. The molecule has 0 spiro atoms. The van der Waals surface area contributed by atoms with Gasteiger partial charge in [-0.15, -0.1) is 0 Å². The molecule has 1 aliphatic carbocycles. The molecular formula is C13H15NO2. The van der Waals surface area contributed by atoms with E-state index in [2.05, 4.69) is 18.2 Å². The molecule has 3 heteroatoms. The van der Waals surface area contributed by atoms with Crippen LogP contribution in [0.1, 0.15) is 23.1 Å². The van der Waals surface area contributed by atoms with Gasteiger partial charge in [-0.1, -0.05) is 30.4 Å². The quantitative estimate of drug-likeness (QED) is 0.805. The molecule has 3 nitrogen and oxygen atoms in total. The van der Waals surface area contributed by atoms with E-state index in [-0.39, 0.29) is 0 Å². The van der Waals surface area contributed by atoms with Crippen LogP contribution in [0.25, 0.3) is 6.08 Å². The Bertz CT molecular complexity index is 438. The van der Waals surface area contributed by atoms with Crippen LogP contribution < -0.4 is 5.73 Å². The Kier molecular flexibility index (Phi) is 3.06. The fraction of sp³-hybridized carbons (Fsp3) is 0.308. The van der Waals surface area contributed by atoms with E-state index in [1.165, 1.54) is 16.7 Å². The van der Waals surface area contributed by atoms with Crippen molar-refractivity contribution in [1.29, 1.82) is 0 Å². The number of aryl methyl sites for hydroxylation is 1. The maximum Gasteiger partial charge on any atom is 0.320 e. The molecule has 0 saturated carbocycles. The molecule has 1 unspecified atom stereocenters. The summed E-state index contributed by atoms with van der Waals surface area (Å²) in [4.78, 5) is 10.6. The number of aliphatic carboxylic acids is 1. The molecule has 0 aromatic heterocycles. The molecule has 1 aliphatic rings. The van der Waals surface area contributed by atoms with Crippen LogP contribution in [-0.4, -0.2) is 17.1 Å². The van der Waals surface area contributed by atoms with Gasteiger partial charge in [0, 0.05) is 0 Å². The van der Waals surface area contributed by atoms with Crippen LogP contribution in [0.15, 0.2) is 24.3 Å². The van der Waals surface area contributed by atoms with Gasteiger partial charge in [0.25, 0.3) is 0 Å².